The van der Waals surface area contributed by atoms with Crippen molar-refractivity contribution in [2.75, 3.05) is 7.11 Å². The predicted molar refractivity (Wildman–Crippen MR) is 44.7 cm³/mol. The van der Waals surface area contributed by atoms with Crippen LogP contribution in [-0.2, 0) is 0 Å². The standard InChI is InChI=1S/C6H8N2O.C2H6/c1-5-3-4-6(9-2)8-7-5;1-2/h3-4H,1-2H3;1-2H3. The molecule has 3 nitrogen and oxygen atoms in total. The van der Waals surface area contributed by atoms with E-state index in [0.717, 1.165) is 5.69 Å². The number of methoxy groups -OCH3 is 1. The number of aryl methyl sites for hydroxylation is 1. The van der Waals surface area contributed by atoms with E-state index in [4.69, 9.17) is 4.74 Å². The average molecular weight is 154 g/mol. The van der Waals surface area contributed by atoms with Crippen LogP contribution in [0.4, 0.5) is 0 Å². The maximum absolute atomic E-state index is 4.80. The smallest absolute Gasteiger partial charge is 0.233 e. The number of rotatable bonds is 1. The third kappa shape index (κ3) is 3.55. The van der Waals surface area contributed by atoms with Crippen LogP contribution in [0.3, 0.4) is 0 Å². The van der Waals surface area contributed by atoms with Gasteiger partial charge in [-0.05, 0) is 13.0 Å². The van der Waals surface area contributed by atoms with Crippen LogP contribution in [0, 0.1) is 6.92 Å². The molecule has 0 aliphatic heterocycles. The molecule has 0 bridgehead atoms. The summed E-state index contributed by atoms with van der Waals surface area (Å²) in [6.45, 7) is 5.88. The number of ether oxygens (including phenoxy) is 1. The Hall–Kier alpha value is -1.12. The Morgan fingerprint density at radius 1 is 1.18 bits per heavy atom. The summed E-state index contributed by atoms with van der Waals surface area (Å²) in [5, 5.41) is 7.50. The Balaban J connectivity index is 0.000000461. The largest absolute Gasteiger partial charge is 0.480 e. The van der Waals surface area contributed by atoms with Gasteiger partial charge in [0.2, 0.25) is 5.88 Å². The van der Waals surface area contributed by atoms with Gasteiger partial charge in [0.1, 0.15) is 0 Å². The fourth-order valence-corrected chi connectivity index (χ4v) is 0.496. The molecule has 62 valence electrons. The van der Waals surface area contributed by atoms with Gasteiger partial charge in [-0.25, -0.2) is 0 Å². The normalized spacial score (nSPS) is 8.00. The highest BCUT2D eigenvalue weighted by molar-refractivity contribution is 5.09. The Kier molecular flexibility index (Phi) is 5.07. The van der Waals surface area contributed by atoms with Crippen LogP contribution in [0.25, 0.3) is 0 Å². The van der Waals surface area contributed by atoms with Gasteiger partial charge >= 0.3 is 0 Å². The summed E-state index contributed by atoms with van der Waals surface area (Å²) in [6.07, 6.45) is 0. The van der Waals surface area contributed by atoms with Crippen LogP contribution in [0.5, 0.6) is 5.88 Å². The van der Waals surface area contributed by atoms with Crippen molar-refractivity contribution in [1.29, 1.82) is 0 Å². The van der Waals surface area contributed by atoms with Gasteiger partial charge in [0.15, 0.2) is 0 Å². The summed E-state index contributed by atoms with van der Waals surface area (Å²) in [5.41, 5.74) is 0.899. The van der Waals surface area contributed by atoms with Crippen LogP contribution >= 0.6 is 0 Å². The highest BCUT2D eigenvalue weighted by atomic mass is 16.5. The molecule has 0 spiro atoms. The average Bonchev–Trinajstić information content (AvgIpc) is 2.10. The molecule has 1 aromatic heterocycles. The lowest BCUT2D eigenvalue weighted by molar-refractivity contribution is 0.391. The molecular weight excluding hydrogens is 140 g/mol. The van der Waals surface area contributed by atoms with Gasteiger partial charge in [0, 0.05) is 6.07 Å². The number of nitrogens with zero attached hydrogens (tertiary/aromatic N) is 2. The fourth-order valence-electron chi connectivity index (χ4n) is 0.496. The summed E-state index contributed by atoms with van der Waals surface area (Å²) in [7, 11) is 1.57. The van der Waals surface area contributed by atoms with E-state index in [1.54, 1.807) is 13.2 Å². The first-order chi connectivity index (χ1) is 5.33. The van der Waals surface area contributed by atoms with Gasteiger partial charge in [0.25, 0.3) is 0 Å². The third-order valence-electron chi connectivity index (χ3n) is 0.983. The van der Waals surface area contributed by atoms with Gasteiger partial charge in [0.05, 0.1) is 12.8 Å². The SMILES string of the molecule is CC.COc1ccc(C)nn1. The van der Waals surface area contributed by atoms with Crippen LogP contribution in [0.2, 0.25) is 0 Å². The first kappa shape index (κ1) is 9.88. The zero-order valence-electron chi connectivity index (χ0n) is 7.46. The highest BCUT2D eigenvalue weighted by Gasteiger charge is 1.88. The lowest BCUT2D eigenvalue weighted by Gasteiger charge is -1.94. The molecule has 0 amide bonds. The lowest BCUT2D eigenvalue weighted by atomic mass is 10.4. The monoisotopic (exact) mass is 154 g/mol. The number of hydrogen-bond donors (Lipinski definition) is 0. The topological polar surface area (TPSA) is 35.0 Å². The summed E-state index contributed by atoms with van der Waals surface area (Å²) in [4.78, 5) is 0. The van der Waals surface area contributed by atoms with Crippen LogP contribution in [0.1, 0.15) is 19.5 Å². The van der Waals surface area contributed by atoms with Crippen LogP contribution in [0.15, 0.2) is 12.1 Å². The second-order valence-corrected chi connectivity index (χ2v) is 1.72. The van der Waals surface area contributed by atoms with Gasteiger partial charge in [-0.1, -0.05) is 13.8 Å². The molecule has 0 N–H and O–H groups in total. The molecule has 0 aliphatic carbocycles. The summed E-state index contributed by atoms with van der Waals surface area (Å²) >= 11 is 0. The first-order valence-electron chi connectivity index (χ1n) is 3.67. The molecule has 0 saturated carbocycles. The Bertz CT molecular complexity index is 184. The lowest BCUT2D eigenvalue weighted by Crippen LogP contribution is -1.90. The second kappa shape index (κ2) is 5.65. The molecule has 0 aliphatic rings. The maximum atomic E-state index is 4.80. The van der Waals surface area contributed by atoms with Crippen molar-refractivity contribution in [3.05, 3.63) is 17.8 Å². The molecule has 0 radical (unpaired) electrons. The van der Waals surface area contributed by atoms with Crippen molar-refractivity contribution >= 4 is 0 Å². The van der Waals surface area contributed by atoms with Crippen molar-refractivity contribution in [3.8, 4) is 5.88 Å². The Morgan fingerprint density at radius 2 is 1.82 bits per heavy atom. The van der Waals surface area contributed by atoms with Gasteiger partial charge < -0.3 is 4.74 Å². The summed E-state index contributed by atoms with van der Waals surface area (Å²) in [6, 6.07) is 3.63. The van der Waals surface area contributed by atoms with Gasteiger partial charge in [-0.15, -0.1) is 5.10 Å². The fraction of sp³-hybridized carbons (Fsp3) is 0.500. The molecule has 1 heterocycles. The number of hydrogen-bond acceptors (Lipinski definition) is 3. The van der Waals surface area contributed by atoms with E-state index in [-0.39, 0.29) is 0 Å². The third-order valence-corrected chi connectivity index (χ3v) is 0.983. The van der Waals surface area contributed by atoms with Gasteiger partial charge in [-0.2, -0.15) is 5.10 Å². The molecule has 3 heteroatoms. The molecule has 0 saturated heterocycles. The van der Waals surface area contributed by atoms with Crippen molar-refractivity contribution in [2.45, 2.75) is 20.8 Å². The summed E-state index contributed by atoms with van der Waals surface area (Å²) < 4.78 is 4.80. The van der Waals surface area contributed by atoms with Crippen molar-refractivity contribution in [1.82, 2.24) is 10.2 Å². The van der Waals surface area contributed by atoms with E-state index < -0.39 is 0 Å². The molecule has 0 atom stereocenters. The molecule has 11 heavy (non-hydrogen) atoms. The molecule has 1 rings (SSSR count). The quantitative estimate of drug-likeness (QED) is 0.619. The van der Waals surface area contributed by atoms with E-state index in [0.29, 0.717) is 5.88 Å². The molecule has 0 aromatic carbocycles. The van der Waals surface area contributed by atoms with Gasteiger partial charge in [-0.3, -0.25) is 0 Å². The number of aromatic nitrogens is 2. The predicted octanol–water partition coefficient (Wildman–Crippen LogP) is 1.82. The van der Waals surface area contributed by atoms with Crippen LogP contribution < -0.4 is 4.74 Å². The van der Waals surface area contributed by atoms with E-state index in [9.17, 15) is 0 Å². The maximum Gasteiger partial charge on any atom is 0.233 e. The van der Waals surface area contributed by atoms with E-state index in [1.807, 2.05) is 26.8 Å². The minimum Gasteiger partial charge on any atom is -0.480 e. The van der Waals surface area contributed by atoms with E-state index in [1.165, 1.54) is 0 Å². The Labute approximate surface area is 67.4 Å². The van der Waals surface area contributed by atoms with Crippen molar-refractivity contribution in [2.24, 2.45) is 0 Å². The highest BCUT2D eigenvalue weighted by Crippen LogP contribution is 2.01. The van der Waals surface area contributed by atoms with E-state index >= 15 is 0 Å². The molecule has 1 aromatic rings. The minimum atomic E-state index is 0.556. The van der Waals surface area contributed by atoms with E-state index in [2.05, 4.69) is 10.2 Å². The van der Waals surface area contributed by atoms with Crippen molar-refractivity contribution < 1.29 is 4.74 Å². The van der Waals surface area contributed by atoms with Crippen LogP contribution in [-0.4, -0.2) is 17.3 Å². The first-order valence-corrected chi connectivity index (χ1v) is 3.67. The summed E-state index contributed by atoms with van der Waals surface area (Å²) in [5.74, 6) is 0.556. The Morgan fingerprint density at radius 3 is 2.18 bits per heavy atom. The molecular formula is C8H14N2O. The van der Waals surface area contributed by atoms with Crippen molar-refractivity contribution in [3.63, 3.8) is 0 Å². The zero-order chi connectivity index (χ0) is 8.69. The zero-order valence-corrected chi connectivity index (χ0v) is 7.46. The molecule has 0 fully saturated rings. The molecule has 0 unspecified atom stereocenters. The second-order valence-electron chi connectivity index (χ2n) is 1.72. The minimum absolute atomic E-state index is 0.556.